The normalized spacial score (nSPS) is 12.0. The van der Waals surface area contributed by atoms with E-state index >= 15 is 0 Å². The molecular formula is C17H21N3O3S. The summed E-state index contributed by atoms with van der Waals surface area (Å²) < 4.78 is 30.9. The van der Waals surface area contributed by atoms with Crippen molar-refractivity contribution in [2.75, 3.05) is 6.26 Å². The van der Waals surface area contributed by atoms with Crippen LogP contribution in [0.1, 0.15) is 37.7 Å². The second-order valence-corrected chi connectivity index (χ2v) is 8.92. The Hall–Kier alpha value is -2.33. The number of rotatable bonds is 4. The summed E-state index contributed by atoms with van der Waals surface area (Å²) in [7, 11) is -3.24. The van der Waals surface area contributed by atoms with E-state index in [9.17, 15) is 8.42 Å². The van der Waals surface area contributed by atoms with E-state index in [1.807, 2.05) is 20.8 Å². The van der Waals surface area contributed by atoms with Crippen LogP contribution in [0.5, 0.6) is 11.5 Å². The number of nitriles is 1. The standard InChI is InChI=1S/C17H21N3O3S/c1-12-15(23-14-8-6-13(10-18)7-9-14)16(17(2,3)4)20(19-12)11-24(5,21)22/h6-9H,11H2,1-5H3. The summed E-state index contributed by atoms with van der Waals surface area (Å²) in [6.07, 6.45) is 1.18. The minimum Gasteiger partial charge on any atom is -0.453 e. The lowest BCUT2D eigenvalue weighted by atomic mass is 9.91. The SMILES string of the molecule is Cc1nn(CS(C)(=O)=O)c(C(C)(C)C)c1Oc1ccc(C#N)cc1. The quantitative estimate of drug-likeness (QED) is 0.848. The van der Waals surface area contributed by atoms with Gasteiger partial charge in [-0.05, 0) is 31.2 Å². The van der Waals surface area contributed by atoms with E-state index in [2.05, 4.69) is 11.2 Å². The molecule has 0 fully saturated rings. The van der Waals surface area contributed by atoms with E-state index in [1.165, 1.54) is 10.9 Å². The van der Waals surface area contributed by atoms with Crippen LogP contribution in [-0.4, -0.2) is 24.5 Å². The maximum absolute atomic E-state index is 11.7. The fourth-order valence-electron chi connectivity index (χ4n) is 2.45. The summed E-state index contributed by atoms with van der Waals surface area (Å²) >= 11 is 0. The Labute approximate surface area is 142 Å². The van der Waals surface area contributed by atoms with Gasteiger partial charge >= 0.3 is 0 Å². The monoisotopic (exact) mass is 347 g/mol. The highest BCUT2D eigenvalue weighted by molar-refractivity contribution is 7.89. The molecule has 0 aliphatic heterocycles. The van der Waals surface area contributed by atoms with Gasteiger partial charge in [0.05, 0.1) is 17.3 Å². The van der Waals surface area contributed by atoms with Gasteiger partial charge in [0.15, 0.2) is 15.6 Å². The Morgan fingerprint density at radius 1 is 1.25 bits per heavy atom. The van der Waals surface area contributed by atoms with Gasteiger partial charge in [-0.1, -0.05) is 20.8 Å². The molecule has 0 spiro atoms. The van der Waals surface area contributed by atoms with E-state index in [-0.39, 0.29) is 11.3 Å². The van der Waals surface area contributed by atoms with Crippen LogP contribution in [0.2, 0.25) is 0 Å². The lowest BCUT2D eigenvalue weighted by Crippen LogP contribution is -2.22. The number of hydrogen-bond acceptors (Lipinski definition) is 5. The van der Waals surface area contributed by atoms with E-state index in [0.717, 1.165) is 5.69 Å². The molecule has 0 saturated heterocycles. The number of aryl methyl sites for hydroxylation is 1. The molecular weight excluding hydrogens is 326 g/mol. The summed E-state index contributed by atoms with van der Waals surface area (Å²) in [5.41, 5.74) is 1.53. The second-order valence-electron chi connectivity index (χ2n) is 6.81. The first-order valence-electron chi connectivity index (χ1n) is 7.45. The van der Waals surface area contributed by atoms with Gasteiger partial charge in [-0.3, -0.25) is 0 Å². The number of hydrogen-bond donors (Lipinski definition) is 0. The van der Waals surface area contributed by atoms with Gasteiger partial charge in [-0.15, -0.1) is 0 Å². The van der Waals surface area contributed by atoms with Crippen molar-refractivity contribution < 1.29 is 13.2 Å². The van der Waals surface area contributed by atoms with Crippen LogP contribution >= 0.6 is 0 Å². The van der Waals surface area contributed by atoms with Crippen LogP contribution in [-0.2, 0) is 21.1 Å². The number of ether oxygens (including phenoxy) is 1. The molecule has 2 aromatic rings. The molecule has 128 valence electrons. The van der Waals surface area contributed by atoms with Crippen LogP contribution in [0, 0.1) is 18.3 Å². The third-order valence-electron chi connectivity index (χ3n) is 3.34. The fourth-order valence-corrected chi connectivity index (χ4v) is 3.08. The van der Waals surface area contributed by atoms with E-state index < -0.39 is 9.84 Å². The third kappa shape index (κ3) is 4.15. The fraction of sp³-hybridized carbons (Fsp3) is 0.412. The zero-order valence-corrected chi connectivity index (χ0v) is 15.3. The Bertz CT molecular complexity index is 883. The number of aromatic nitrogens is 2. The average molecular weight is 347 g/mol. The van der Waals surface area contributed by atoms with Crippen LogP contribution in [0.3, 0.4) is 0 Å². The van der Waals surface area contributed by atoms with Gasteiger partial charge in [-0.2, -0.15) is 10.4 Å². The molecule has 7 heteroatoms. The van der Waals surface area contributed by atoms with E-state index in [1.54, 1.807) is 31.2 Å². The Morgan fingerprint density at radius 2 is 1.83 bits per heavy atom. The molecule has 1 heterocycles. The van der Waals surface area contributed by atoms with Gasteiger partial charge in [0, 0.05) is 11.7 Å². The minimum atomic E-state index is -3.24. The topological polar surface area (TPSA) is 85.0 Å². The highest BCUT2D eigenvalue weighted by Gasteiger charge is 2.29. The van der Waals surface area contributed by atoms with Gasteiger partial charge in [0.2, 0.25) is 0 Å². The first kappa shape index (κ1) is 18.0. The molecule has 0 bridgehead atoms. The summed E-state index contributed by atoms with van der Waals surface area (Å²) in [5.74, 6) is 0.925. The molecule has 0 unspecified atom stereocenters. The molecule has 0 atom stereocenters. The van der Waals surface area contributed by atoms with Crippen molar-refractivity contribution in [1.82, 2.24) is 9.78 Å². The van der Waals surface area contributed by atoms with Crippen LogP contribution < -0.4 is 4.74 Å². The number of benzene rings is 1. The highest BCUT2D eigenvalue weighted by Crippen LogP contribution is 2.37. The van der Waals surface area contributed by atoms with Gasteiger partial charge in [0.1, 0.15) is 17.3 Å². The molecule has 24 heavy (non-hydrogen) atoms. The van der Waals surface area contributed by atoms with Crippen LogP contribution in [0.4, 0.5) is 0 Å². The lowest BCUT2D eigenvalue weighted by molar-refractivity contribution is 0.438. The predicted octanol–water partition coefficient (Wildman–Crippen LogP) is 3.16. The molecule has 2 rings (SSSR count). The molecule has 0 amide bonds. The Balaban J connectivity index is 2.50. The van der Waals surface area contributed by atoms with Crippen LogP contribution in [0.15, 0.2) is 24.3 Å². The van der Waals surface area contributed by atoms with Crippen molar-refractivity contribution in [1.29, 1.82) is 5.26 Å². The second kappa shape index (κ2) is 6.29. The summed E-state index contributed by atoms with van der Waals surface area (Å²) in [6, 6.07) is 8.81. The van der Waals surface area contributed by atoms with Gasteiger partial charge < -0.3 is 4.74 Å². The molecule has 1 aromatic carbocycles. The summed E-state index contributed by atoms with van der Waals surface area (Å²) in [6.45, 7) is 7.72. The van der Waals surface area contributed by atoms with Crippen molar-refractivity contribution in [3.05, 3.63) is 41.2 Å². The van der Waals surface area contributed by atoms with E-state index in [4.69, 9.17) is 10.00 Å². The zero-order valence-electron chi connectivity index (χ0n) is 14.5. The number of sulfone groups is 1. The third-order valence-corrected chi connectivity index (χ3v) is 4.06. The van der Waals surface area contributed by atoms with Crippen molar-refractivity contribution >= 4 is 9.84 Å². The largest absolute Gasteiger partial charge is 0.453 e. The summed E-state index contributed by atoms with van der Waals surface area (Å²) in [4.78, 5) is 0. The summed E-state index contributed by atoms with van der Waals surface area (Å²) in [5, 5.41) is 13.2. The predicted molar refractivity (Wildman–Crippen MR) is 91.7 cm³/mol. The zero-order chi connectivity index (χ0) is 18.1. The van der Waals surface area contributed by atoms with Gasteiger partial charge in [-0.25, -0.2) is 13.1 Å². The number of nitrogens with zero attached hydrogens (tertiary/aromatic N) is 3. The maximum atomic E-state index is 11.7. The molecule has 0 saturated carbocycles. The Morgan fingerprint density at radius 3 is 2.29 bits per heavy atom. The first-order valence-corrected chi connectivity index (χ1v) is 9.51. The minimum absolute atomic E-state index is 0.197. The molecule has 0 radical (unpaired) electrons. The molecule has 0 aliphatic rings. The van der Waals surface area contributed by atoms with E-state index in [0.29, 0.717) is 22.8 Å². The van der Waals surface area contributed by atoms with Gasteiger partial charge in [0.25, 0.3) is 0 Å². The average Bonchev–Trinajstić information content (AvgIpc) is 2.73. The van der Waals surface area contributed by atoms with Crippen molar-refractivity contribution in [2.24, 2.45) is 0 Å². The lowest BCUT2D eigenvalue weighted by Gasteiger charge is -2.22. The smallest absolute Gasteiger partial charge is 0.171 e. The van der Waals surface area contributed by atoms with Crippen molar-refractivity contribution in [2.45, 2.75) is 39.0 Å². The van der Waals surface area contributed by atoms with Crippen LogP contribution in [0.25, 0.3) is 0 Å². The van der Waals surface area contributed by atoms with Crippen molar-refractivity contribution in [3.63, 3.8) is 0 Å². The molecule has 6 nitrogen and oxygen atoms in total. The maximum Gasteiger partial charge on any atom is 0.171 e. The molecule has 0 aliphatic carbocycles. The Kier molecular flexibility index (Phi) is 4.72. The van der Waals surface area contributed by atoms with Crippen molar-refractivity contribution in [3.8, 4) is 17.6 Å². The highest BCUT2D eigenvalue weighted by atomic mass is 32.2. The molecule has 1 aromatic heterocycles. The first-order chi connectivity index (χ1) is 11.0. The molecule has 0 N–H and O–H groups in total.